The smallest absolute Gasteiger partial charge is 0.0792 e. The van der Waals surface area contributed by atoms with E-state index in [4.69, 9.17) is 10.8 Å². The Morgan fingerprint density at radius 1 is 1.06 bits per heavy atom. The maximum absolute atomic E-state index is 7.63. The molecule has 3 N–H and O–H groups in total. The van der Waals surface area contributed by atoms with Crippen molar-refractivity contribution in [2.45, 2.75) is 19.5 Å². The molecule has 0 saturated carbocycles. The molecule has 3 heteroatoms. The first kappa shape index (κ1) is 12.5. The second-order valence-electron chi connectivity index (χ2n) is 4.39. The van der Waals surface area contributed by atoms with Crippen LogP contribution in [0, 0.1) is 10.8 Å². The second-order valence-corrected chi connectivity index (χ2v) is 4.39. The van der Waals surface area contributed by atoms with Gasteiger partial charge in [-0.2, -0.15) is 0 Å². The standard InChI is InChI=1S/C15H17N3/c1-11(13-7-8-14(16)15(17)9-13)18-10-12-5-3-2-4-6-12/h2-9,11,16-18H,10H2,1H3. The van der Waals surface area contributed by atoms with Crippen LogP contribution >= 0.6 is 0 Å². The number of benzene rings is 1. The summed E-state index contributed by atoms with van der Waals surface area (Å²) in [6, 6.07) is 10.4. The van der Waals surface area contributed by atoms with Crippen molar-refractivity contribution >= 4 is 11.4 Å². The predicted molar refractivity (Wildman–Crippen MR) is 75.4 cm³/mol. The maximum atomic E-state index is 7.63. The Morgan fingerprint density at radius 2 is 1.78 bits per heavy atom. The van der Waals surface area contributed by atoms with Crippen LogP contribution in [0.2, 0.25) is 0 Å². The van der Waals surface area contributed by atoms with Gasteiger partial charge in [0.05, 0.1) is 11.4 Å². The molecule has 0 bridgehead atoms. The normalized spacial score (nSPS) is 16.6. The van der Waals surface area contributed by atoms with Crippen LogP contribution in [0.15, 0.2) is 54.1 Å². The maximum Gasteiger partial charge on any atom is 0.0792 e. The van der Waals surface area contributed by atoms with Crippen molar-refractivity contribution in [3.8, 4) is 0 Å². The number of hydrogen-bond donors (Lipinski definition) is 3. The van der Waals surface area contributed by atoms with Gasteiger partial charge in [-0.3, -0.25) is 10.8 Å². The molecule has 18 heavy (non-hydrogen) atoms. The third-order valence-electron chi connectivity index (χ3n) is 3.00. The van der Waals surface area contributed by atoms with E-state index in [1.54, 1.807) is 12.2 Å². The lowest BCUT2D eigenvalue weighted by atomic mass is 9.99. The van der Waals surface area contributed by atoms with Gasteiger partial charge in [-0.05, 0) is 30.2 Å². The fourth-order valence-electron chi connectivity index (χ4n) is 1.82. The molecule has 0 aromatic heterocycles. The van der Waals surface area contributed by atoms with Gasteiger partial charge in [0.15, 0.2) is 0 Å². The van der Waals surface area contributed by atoms with Crippen LogP contribution in [0.3, 0.4) is 0 Å². The van der Waals surface area contributed by atoms with Crippen LogP contribution in [0.25, 0.3) is 0 Å². The number of allylic oxidation sites excluding steroid dienone is 2. The fourth-order valence-corrected chi connectivity index (χ4v) is 1.82. The number of nitrogens with one attached hydrogen (secondary N) is 3. The zero-order chi connectivity index (χ0) is 13.0. The zero-order valence-electron chi connectivity index (χ0n) is 10.4. The van der Waals surface area contributed by atoms with E-state index in [0.29, 0.717) is 0 Å². The third-order valence-corrected chi connectivity index (χ3v) is 3.00. The average molecular weight is 239 g/mol. The third kappa shape index (κ3) is 3.02. The monoisotopic (exact) mass is 239 g/mol. The first-order chi connectivity index (χ1) is 8.66. The van der Waals surface area contributed by atoms with Gasteiger partial charge in [0.25, 0.3) is 0 Å². The van der Waals surface area contributed by atoms with Crippen molar-refractivity contribution in [2.24, 2.45) is 0 Å². The lowest BCUT2D eigenvalue weighted by Gasteiger charge is -2.17. The summed E-state index contributed by atoms with van der Waals surface area (Å²) in [5.74, 6) is 0. The van der Waals surface area contributed by atoms with E-state index in [2.05, 4.69) is 24.4 Å². The van der Waals surface area contributed by atoms with Gasteiger partial charge in [0.1, 0.15) is 0 Å². The molecule has 0 spiro atoms. The molecule has 1 atom stereocenters. The summed E-state index contributed by atoms with van der Waals surface area (Å²) >= 11 is 0. The van der Waals surface area contributed by atoms with Crippen molar-refractivity contribution in [2.75, 3.05) is 0 Å². The Balaban J connectivity index is 1.95. The Hall–Kier alpha value is -2.00. The van der Waals surface area contributed by atoms with Crippen LogP contribution in [0.1, 0.15) is 12.5 Å². The van der Waals surface area contributed by atoms with Crippen molar-refractivity contribution in [1.29, 1.82) is 10.8 Å². The molecule has 0 radical (unpaired) electrons. The van der Waals surface area contributed by atoms with Crippen molar-refractivity contribution in [1.82, 2.24) is 5.32 Å². The van der Waals surface area contributed by atoms with Crippen molar-refractivity contribution in [3.05, 3.63) is 59.7 Å². The van der Waals surface area contributed by atoms with Crippen LogP contribution < -0.4 is 5.32 Å². The van der Waals surface area contributed by atoms with Gasteiger partial charge in [-0.1, -0.05) is 36.4 Å². The summed E-state index contributed by atoms with van der Waals surface area (Å²) in [6.07, 6.45) is 5.34. The van der Waals surface area contributed by atoms with Crippen LogP contribution in [-0.2, 0) is 6.54 Å². The largest absolute Gasteiger partial charge is 0.306 e. The summed E-state index contributed by atoms with van der Waals surface area (Å²) in [5, 5.41) is 18.5. The number of hydrogen-bond acceptors (Lipinski definition) is 3. The summed E-state index contributed by atoms with van der Waals surface area (Å²) in [5.41, 5.74) is 2.84. The van der Waals surface area contributed by atoms with E-state index in [0.717, 1.165) is 12.1 Å². The van der Waals surface area contributed by atoms with E-state index >= 15 is 0 Å². The van der Waals surface area contributed by atoms with E-state index in [1.807, 2.05) is 24.3 Å². The molecule has 0 fully saturated rings. The number of rotatable bonds is 4. The molecule has 0 amide bonds. The highest BCUT2D eigenvalue weighted by Crippen LogP contribution is 2.10. The summed E-state index contributed by atoms with van der Waals surface area (Å²) < 4.78 is 0. The van der Waals surface area contributed by atoms with Gasteiger partial charge in [-0.25, -0.2) is 0 Å². The molecule has 1 unspecified atom stereocenters. The molecular weight excluding hydrogens is 222 g/mol. The molecule has 1 aromatic rings. The molecule has 3 nitrogen and oxygen atoms in total. The Morgan fingerprint density at radius 3 is 2.44 bits per heavy atom. The van der Waals surface area contributed by atoms with Crippen LogP contribution in [0.5, 0.6) is 0 Å². The van der Waals surface area contributed by atoms with E-state index in [-0.39, 0.29) is 17.5 Å². The Bertz CT molecular complexity index is 512. The van der Waals surface area contributed by atoms with Gasteiger partial charge in [-0.15, -0.1) is 0 Å². The van der Waals surface area contributed by atoms with Crippen LogP contribution in [-0.4, -0.2) is 17.5 Å². The lowest BCUT2D eigenvalue weighted by Crippen LogP contribution is -2.28. The van der Waals surface area contributed by atoms with Gasteiger partial charge < -0.3 is 5.32 Å². The fraction of sp³-hybridized carbons (Fsp3) is 0.200. The molecule has 92 valence electrons. The van der Waals surface area contributed by atoms with E-state index in [1.165, 1.54) is 5.56 Å². The van der Waals surface area contributed by atoms with Crippen LogP contribution in [0.4, 0.5) is 0 Å². The zero-order valence-corrected chi connectivity index (χ0v) is 10.4. The minimum atomic E-state index is 0.176. The summed E-state index contributed by atoms with van der Waals surface area (Å²) in [7, 11) is 0. The van der Waals surface area contributed by atoms with E-state index < -0.39 is 0 Å². The molecule has 1 aromatic carbocycles. The second kappa shape index (κ2) is 5.56. The Labute approximate surface area is 107 Å². The molecule has 0 heterocycles. The van der Waals surface area contributed by atoms with Crippen molar-refractivity contribution in [3.63, 3.8) is 0 Å². The summed E-state index contributed by atoms with van der Waals surface area (Å²) in [6.45, 7) is 2.87. The molecule has 0 saturated heterocycles. The quantitative estimate of drug-likeness (QED) is 0.695. The van der Waals surface area contributed by atoms with Crippen molar-refractivity contribution < 1.29 is 0 Å². The summed E-state index contributed by atoms with van der Waals surface area (Å²) in [4.78, 5) is 0. The van der Waals surface area contributed by atoms with Gasteiger partial charge in [0.2, 0.25) is 0 Å². The Kier molecular flexibility index (Phi) is 3.85. The van der Waals surface area contributed by atoms with Gasteiger partial charge >= 0.3 is 0 Å². The highest BCUT2D eigenvalue weighted by atomic mass is 14.9. The highest BCUT2D eigenvalue weighted by Gasteiger charge is 2.11. The SMILES string of the molecule is CC(NCc1ccccc1)C1=CC(=N)C(=N)C=C1. The molecule has 1 aliphatic carbocycles. The molecule has 0 aliphatic heterocycles. The highest BCUT2D eigenvalue weighted by molar-refractivity contribution is 6.49. The minimum Gasteiger partial charge on any atom is -0.306 e. The molecular formula is C15H17N3. The lowest BCUT2D eigenvalue weighted by molar-refractivity contribution is 0.617. The first-order valence-electron chi connectivity index (χ1n) is 6.01. The topological polar surface area (TPSA) is 59.7 Å². The minimum absolute atomic E-state index is 0.176. The molecule has 1 aliphatic rings. The predicted octanol–water partition coefficient (Wildman–Crippen LogP) is 2.70. The first-order valence-corrected chi connectivity index (χ1v) is 6.01. The van der Waals surface area contributed by atoms with E-state index in [9.17, 15) is 0 Å². The molecule has 2 rings (SSSR count). The average Bonchev–Trinajstić information content (AvgIpc) is 2.40. The van der Waals surface area contributed by atoms with Gasteiger partial charge in [0, 0.05) is 12.6 Å².